The highest BCUT2D eigenvalue weighted by atomic mass is 16.7. The number of para-hydroxylation sites is 1. The summed E-state index contributed by atoms with van der Waals surface area (Å²) in [5, 5.41) is 0. The Bertz CT molecular complexity index is 971. The van der Waals surface area contributed by atoms with Gasteiger partial charge in [-0.25, -0.2) is 0 Å². The van der Waals surface area contributed by atoms with Gasteiger partial charge >= 0.3 is 5.97 Å². The number of carbonyl (C=O) groups excluding carboxylic acids is 2. The molecule has 1 unspecified atom stereocenters. The highest BCUT2D eigenvalue weighted by Gasteiger charge is 2.57. The third-order valence-electron chi connectivity index (χ3n) is 5.24. The quantitative estimate of drug-likeness (QED) is 0.773. The summed E-state index contributed by atoms with van der Waals surface area (Å²) in [5.74, 6) is 1.15. The number of nitrogens with zero attached hydrogens (tertiary/aromatic N) is 1. The van der Waals surface area contributed by atoms with Gasteiger partial charge < -0.3 is 18.9 Å². The topological polar surface area (TPSA) is 74.3 Å². The number of amides is 1. The SMILES string of the molecule is CCOC(=O)CN1C(=O)C2(COc3cc4c(cc32)OCO4)c2ccccc21. The predicted molar refractivity (Wildman–Crippen MR) is 94.3 cm³/mol. The Morgan fingerprint density at radius 1 is 1.11 bits per heavy atom. The number of hydrogen-bond donors (Lipinski definition) is 0. The molecule has 1 amide bonds. The van der Waals surface area contributed by atoms with Crippen molar-refractivity contribution in [2.75, 3.05) is 31.5 Å². The second-order valence-corrected chi connectivity index (χ2v) is 6.61. The van der Waals surface area contributed by atoms with Gasteiger partial charge in [-0.3, -0.25) is 14.5 Å². The zero-order chi connectivity index (χ0) is 18.6. The van der Waals surface area contributed by atoms with E-state index in [0.29, 0.717) is 22.9 Å². The van der Waals surface area contributed by atoms with Crippen LogP contribution in [0.5, 0.6) is 17.2 Å². The minimum Gasteiger partial charge on any atom is -0.491 e. The van der Waals surface area contributed by atoms with Crippen LogP contribution in [0.15, 0.2) is 36.4 Å². The van der Waals surface area contributed by atoms with Gasteiger partial charge in [0.25, 0.3) is 0 Å². The summed E-state index contributed by atoms with van der Waals surface area (Å²) in [7, 11) is 0. The molecule has 7 heteroatoms. The van der Waals surface area contributed by atoms with E-state index in [9.17, 15) is 9.59 Å². The molecule has 138 valence electrons. The molecular formula is C20H17NO6. The van der Waals surface area contributed by atoms with Crippen molar-refractivity contribution in [2.24, 2.45) is 0 Å². The van der Waals surface area contributed by atoms with Crippen LogP contribution in [0.3, 0.4) is 0 Å². The molecule has 0 saturated carbocycles. The van der Waals surface area contributed by atoms with E-state index in [2.05, 4.69) is 0 Å². The van der Waals surface area contributed by atoms with Crippen molar-refractivity contribution in [2.45, 2.75) is 12.3 Å². The summed E-state index contributed by atoms with van der Waals surface area (Å²) in [6.07, 6.45) is 0. The first-order valence-corrected chi connectivity index (χ1v) is 8.79. The summed E-state index contributed by atoms with van der Waals surface area (Å²) >= 11 is 0. The molecule has 2 aromatic rings. The maximum absolute atomic E-state index is 13.6. The molecule has 1 spiro atoms. The minimum absolute atomic E-state index is 0.134. The summed E-state index contributed by atoms with van der Waals surface area (Å²) < 4.78 is 21.8. The van der Waals surface area contributed by atoms with Crippen LogP contribution in [0.2, 0.25) is 0 Å². The van der Waals surface area contributed by atoms with Crippen LogP contribution in [0.4, 0.5) is 5.69 Å². The van der Waals surface area contributed by atoms with Crippen molar-refractivity contribution in [3.05, 3.63) is 47.5 Å². The molecule has 7 nitrogen and oxygen atoms in total. The molecule has 0 bridgehead atoms. The van der Waals surface area contributed by atoms with E-state index in [1.54, 1.807) is 13.0 Å². The average Bonchev–Trinajstić information content (AvgIpc) is 3.33. The van der Waals surface area contributed by atoms with Crippen molar-refractivity contribution in [3.8, 4) is 17.2 Å². The van der Waals surface area contributed by atoms with E-state index in [-0.39, 0.29) is 32.5 Å². The average molecular weight is 367 g/mol. The number of fused-ring (bicyclic) bond motifs is 5. The van der Waals surface area contributed by atoms with E-state index in [4.69, 9.17) is 18.9 Å². The van der Waals surface area contributed by atoms with Gasteiger partial charge in [0.1, 0.15) is 24.3 Å². The van der Waals surface area contributed by atoms with Crippen LogP contribution in [0, 0.1) is 0 Å². The lowest BCUT2D eigenvalue weighted by Gasteiger charge is -2.22. The van der Waals surface area contributed by atoms with Gasteiger partial charge in [-0.05, 0) is 24.6 Å². The molecule has 1 atom stereocenters. The summed E-state index contributed by atoms with van der Waals surface area (Å²) in [6, 6.07) is 11.0. The summed E-state index contributed by atoms with van der Waals surface area (Å²) in [5.41, 5.74) is 1.25. The van der Waals surface area contributed by atoms with Crippen molar-refractivity contribution in [1.29, 1.82) is 0 Å². The molecule has 5 rings (SSSR count). The molecule has 2 aromatic carbocycles. The van der Waals surface area contributed by atoms with Crippen molar-refractivity contribution in [3.63, 3.8) is 0 Å². The molecule has 3 aliphatic heterocycles. The molecule has 0 radical (unpaired) electrons. The van der Waals surface area contributed by atoms with Gasteiger partial charge in [-0.2, -0.15) is 0 Å². The Kier molecular flexibility index (Phi) is 3.34. The molecule has 0 fully saturated rings. The Labute approximate surface area is 155 Å². The van der Waals surface area contributed by atoms with Gasteiger partial charge in [0.15, 0.2) is 11.5 Å². The van der Waals surface area contributed by atoms with E-state index in [1.165, 1.54) is 4.90 Å². The molecule has 0 aliphatic carbocycles. The lowest BCUT2D eigenvalue weighted by atomic mass is 9.77. The smallest absolute Gasteiger partial charge is 0.326 e. The van der Waals surface area contributed by atoms with E-state index in [0.717, 1.165) is 11.1 Å². The standard InChI is InChI=1S/C20H17NO6/c1-2-24-18(22)9-21-14-6-4-3-5-12(14)20(19(21)23)10-25-15-8-17-16(7-13(15)20)26-11-27-17/h3-8H,2,9-11H2,1H3. The molecule has 0 aromatic heterocycles. The molecule has 3 aliphatic rings. The van der Waals surface area contributed by atoms with Crippen LogP contribution in [-0.2, 0) is 19.7 Å². The fourth-order valence-electron chi connectivity index (χ4n) is 4.06. The monoisotopic (exact) mass is 367 g/mol. The first kappa shape index (κ1) is 16.0. The van der Waals surface area contributed by atoms with Crippen LogP contribution < -0.4 is 19.1 Å². The van der Waals surface area contributed by atoms with Gasteiger partial charge in [0.05, 0.1) is 6.61 Å². The van der Waals surface area contributed by atoms with Crippen LogP contribution in [-0.4, -0.2) is 38.4 Å². The number of anilines is 1. The molecule has 27 heavy (non-hydrogen) atoms. The minimum atomic E-state index is -1.00. The Balaban J connectivity index is 1.64. The van der Waals surface area contributed by atoms with Crippen molar-refractivity contribution >= 4 is 17.6 Å². The zero-order valence-electron chi connectivity index (χ0n) is 14.7. The van der Waals surface area contributed by atoms with Crippen LogP contribution >= 0.6 is 0 Å². The van der Waals surface area contributed by atoms with Gasteiger partial charge in [0.2, 0.25) is 12.7 Å². The lowest BCUT2D eigenvalue weighted by molar-refractivity contribution is -0.142. The van der Waals surface area contributed by atoms with Gasteiger partial charge in [-0.1, -0.05) is 18.2 Å². The maximum Gasteiger partial charge on any atom is 0.326 e. The fraction of sp³-hybridized carbons (Fsp3) is 0.300. The number of esters is 1. The van der Waals surface area contributed by atoms with Crippen LogP contribution in [0.25, 0.3) is 0 Å². The Morgan fingerprint density at radius 2 is 1.89 bits per heavy atom. The zero-order valence-corrected chi connectivity index (χ0v) is 14.7. The summed E-state index contributed by atoms with van der Waals surface area (Å²) in [6.45, 7) is 2.18. The first-order valence-electron chi connectivity index (χ1n) is 8.79. The van der Waals surface area contributed by atoms with E-state index >= 15 is 0 Å². The van der Waals surface area contributed by atoms with Crippen LogP contribution in [0.1, 0.15) is 18.1 Å². The fourth-order valence-corrected chi connectivity index (χ4v) is 4.06. The number of carbonyl (C=O) groups is 2. The first-order chi connectivity index (χ1) is 13.1. The number of hydrogen-bond acceptors (Lipinski definition) is 6. The maximum atomic E-state index is 13.6. The third kappa shape index (κ3) is 2.08. The summed E-state index contributed by atoms with van der Waals surface area (Å²) in [4.78, 5) is 27.1. The molecule has 0 N–H and O–H groups in total. The van der Waals surface area contributed by atoms with Gasteiger partial charge in [0, 0.05) is 17.3 Å². The number of rotatable bonds is 3. The highest BCUT2D eigenvalue weighted by Crippen LogP contribution is 2.54. The second-order valence-electron chi connectivity index (χ2n) is 6.61. The number of ether oxygens (including phenoxy) is 4. The Hall–Kier alpha value is -3.22. The predicted octanol–water partition coefficient (Wildman–Crippen LogP) is 2.00. The van der Waals surface area contributed by atoms with Crippen molar-refractivity contribution in [1.82, 2.24) is 0 Å². The Morgan fingerprint density at radius 3 is 2.70 bits per heavy atom. The third-order valence-corrected chi connectivity index (χ3v) is 5.24. The van der Waals surface area contributed by atoms with Gasteiger partial charge in [-0.15, -0.1) is 0 Å². The number of benzene rings is 2. The molecular weight excluding hydrogens is 350 g/mol. The molecule has 3 heterocycles. The second kappa shape index (κ2) is 5.64. The lowest BCUT2D eigenvalue weighted by Crippen LogP contribution is -2.44. The largest absolute Gasteiger partial charge is 0.491 e. The normalized spacial score (nSPS) is 21.2. The van der Waals surface area contributed by atoms with E-state index in [1.807, 2.05) is 30.3 Å². The van der Waals surface area contributed by atoms with Crippen molar-refractivity contribution < 1.29 is 28.5 Å². The highest BCUT2D eigenvalue weighted by molar-refractivity contribution is 6.13. The van der Waals surface area contributed by atoms with E-state index < -0.39 is 11.4 Å². The molecule has 0 saturated heterocycles.